The van der Waals surface area contributed by atoms with Gasteiger partial charge in [0, 0.05) is 19.6 Å². The van der Waals surface area contributed by atoms with Crippen molar-refractivity contribution in [3.8, 4) is 0 Å². The van der Waals surface area contributed by atoms with E-state index in [4.69, 9.17) is 11.6 Å². The number of rotatable bonds is 5. The normalized spacial score (nSPS) is 12.6. The molecule has 0 saturated carbocycles. The monoisotopic (exact) mass is 244 g/mol. The summed E-state index contributed by atoms with van der Waals surface area (Å²) >= 11 is 5.77. The molecule has 2 N–H and O–H groups in total. The molecule has 1 heterocycles. The van der Waals surface area contributed by atoms with Gasteiger partial charge in [-0.15, -0.1) is 0 Å². The second-order valence-electron chi connectivity index (χ2n) is 3.81. The molecule has 1 aromatic heterocycles. The van der Waals surface area contributed by atoms with Gasteiger partial charge in [0.25, 0.3) is 0 Å². The van der Waals surface area contributed by atoms with Gasteiger partial charge in [-0.3, -0.25) is 0 Å². The first-order valence-corrected chi connectivity index (χ1v) is 5.39. The van der Waals surface area contributed by atoms with Gasteiger partial charge in [0.1, 0.15) is 0 Å². The molecule has 1 atom stereocenters. The largest absolute Gasteiger partial charge is 0.357 e. The van der Waals surface area contributed by atoms with Crippen molar-refractivity contribution in [2.24, 2.45) is 0 Å². The van der Waals surface area contributed by atoms with Crippen molar-refractivity contribution in [3.63, 3.8) is 0 Å². The maximum absolute atomic E-state index is 5.77. The van der Waals surface area contributed by atoms with E-state index >= 15 is 0 Å². The van der Waals surface area contributed by atoms with Crippen molar-refractivity contribution in [1.82, 2.24) is 19.9 Å². The van der Waals surface area contributed by atoms with E-state index in [1.165, 1.54) is 0 Å². The van der Waals surface area contributed by atoms with Crippen LogP contribution in [0.4, 0.5) is 11.9 Å². The van der Waals surface area contributed by atoms with Gasteiger partial charge in [-0.25, -0.2) is 0 Å². The van der Waals surface area contributed by atoms with Crippen LogP contribution < -0.4 is 10.6 Å². The second kappa shape index (κ2) is 5.81. The van der Waals surface area contributed by atoms with Crippen molar-refractivity contribution >= 4 is 23.5 Å². The van der Waals surface area contributed by atoms with E-state index in [-0.39, 0.29) is 11.3 Å². The molecule has 1 rings (SSSR count). The van der Waals surface area contributed by atoms with E-state index in [0.29, 0.717) is 11.9 Å². The minimum absolute atomic E-state index is 0.180. The molecule has 0 fully saturated rings. The molecule has 0 aromatic carbocycles. The number of anilines is 2. The van der Waals surface area contributed by atoms with Crippen LogP contribution in [0.3, 0.4) is 0 Å². The van der Waals surface area contributed by atoms with Gasteiger partial charge < -0.3 is 15.5 Å². The van der Waals surface area contributed by atoms with Gasteiger partial charge in [0.05, 0.1) is 0 Å². The summed E-state index contributed by atoms with van der Waals surface area (Å²) in [5.74, 6) is 0.943. The minimum atomic E-state index is 0.180. The lowest BCUT2D eigenvalue weighted by atomic mass is 10.3. The predicted octanol–water partition coefficient (Wildman–Crippen LogP) is 0.929. The van der Waals surface area contributed by atoms with Gasteiger partial charge in [-0.2, -0.15) is 15.0 Å². The molecule has 0 aliphatic rings. The number of aromatic nitrogens is 3. The standard InChI is InChI=1S/C9H17ClN6/c1-6(5-16(3)4)12-9-14-7(10)13-8(11-2)15-9/h6H,5H2,1-4H3,(H2,11,12,13,14,15). The summed E-state index contributed by atoms with van der Waals surface area (Å²) in [5, 5.41) is 6.17. The number of nitrogens with one attached hydrogen (secondary N) is 2. The topological polar surface area (TPSA) is 66.0 Å². The first-order chi connectivity index (χ1) is 7.51. The zero-order valence-corrected chi connectivity index (χ0v) is 10.7. The molecule has 0 radical (unpaired) electrons. The highest BCUT2D eigenvalue weighted by Gasteiger charge is 2.08. The van der Waals surface area contributed by atoms with Crippen LogP contribution in [0.2, 0.25) is 5.28 Å². The van der Waals surface area contributed by atoms with Crippen molar-refractivity contribution < 1.29 is 0 Å². The maximum atomic E-state index is 5.77. The van der Waals surface area contributed by atoms with Gasteiger partial charge >= 0.3 is 0 Å². The Labute approximate surface area is 100 Å². The molecule has 6 nitrogen and oxygen atoms in total. The van der Waals surface area contributed by atoms with Crippen LogP contribution in [-0.4, -0.2) is 53.6 Å². The molecule has 0 bridgehead atoms. The van der Waals surface area contributed by atoms with E-state index in [9.17, 15) is 0 Å². The van der Waals surface area contributed by atoms with E-state index in [0.717, 1.165) is 6.54 Å². The molecule has 16 heavy (non-hydrogen) atoms. The third-order valence-corrected chi connectivity index (χ3v) is 2.02. The Morgan fingerprint density at radius 3 is 2.44 bits per heavy atom. The molecule has 0 amide bonds. The lowest BCUT2D eigenvalue weighted by molar-refractivity contribution is 0.391. The molecule has 1 unspecified atom stereocenters. The van der Waals surface area contributed by atoms with Crippen LogP contribution in [-0.2, 0) is 0 Å². The molecule has 0 aliphatic carbocycles. The van der Waals surface area contributed by atoms with Crippen LogP contribution in [0.25, 0.3) is 0 Å². The summed E-state index contributed by atoms with van der Waals surface area (Å²) in [6, 6.07) is 0.234. The predicted molar refractivity (Wildman–Crippen MR) is 66.0 cm³/mol. The number of halogens is 1. The summed E-state index contributed by atoms with van der Waals surface area (Å²) < 4.78 is 0. The maximum Gasteiger partial charge on any atom is 0.229 e. The lowest BCUT2D eigenvalue weighted by Crippen LogP contribution is -2.30. The van der Waals surface area contributed by atoms with Crippen molar-refractivity contribution in [1.29, 1.82) is 0 Å². The third kappa shape index (κ3) is 4.16. The average Bonchev–Trinajstić information content (AvgIpc) is 2.14. The molecule has 0 spiro atoms. The summed E-state index contributed by atoms with van der Waals surface area (Å²) in [4.78, 5) is 14.1. The highest BCUT2D eigenvalue weighted by Crippen LogP contribution is 2.09. The van der Waals surface area contributed by atoms with Crippen molar-refractivity contribution in [3.05, 3.63) is 5.28 Å². The molecular weight excluding hydrogens is 228 g/mol. The van der Waals surface area contributed by atoms with Gasteiger partial charge in [0.15, 0.2) is 0 Å². The van der Waals surface area contributed by atoms with Crippen LogP contribution in [0.5, 0.6) is 0 Å². The zero-order valence-electron chi connectivity index (χ0n) is 9.95. The van der Waals surface area contributed by atoms with Crippen LogP contribution in [0, 0.1) is 0 Å². The number of hydrogen-bond acceptors (Lipinski definition) is 6. The number of likely N-dealkylation sites (N-methyl/N-ethyl adjacent to an activating group) is 1. The van der Waals surface area contributed by atoms with E-state index < -0.39 is 0 Å². The van der Waals surface area contributed by atoms with E-state index in [1.54, 1.807) is 7.05 Å². The van der Waals surface area contributed by atoms with Crippen molar-refractivity contribution in [2.75, 3.05) is 38.3 Å². The van der Waals surface area contributed by atoms with Gasteiger partial charge in [0.2, 0.25) is 17.2 Å². The fourth-order valence-electron chi connectivity index (χ4n) is 1.34. The molecule has 0 aliphatic heterocycles. The molecular formula is C9H17ClN6. The Morgan fingerprint density at radius 1 is 1.25 bits per heavy atom. The second-order valence-corrected chi connectivity index (χ2v) is 4.15. The highest BCUT2D eigenvalue weighted by molar-refractivity contribution is 6.28. The smallest absolute Gasteiger partial charge is 0.229 e. The summed E-state index contributed by atoms with van der Waals surface area (Å²) in [5.41, 5.74) is 0. The number of hydrogen-bond donors (Lipinski definition) is 2. The zero-order chi connectivity index (χ0) is 12.1. The Hall–Kier alpha value is -1.14. The summed E-state index contributed by atoms with van der Waals surface area (Å²) in [7, 11) is 5.76. The fraction of sp³-hybridized carbons (Fsp3) is 0.667. The Bertz CT molecular complexity index is 343. The Morgan fingerprint density at radius 2 is 1.88 bits per heavy atom. The third-order valence-electron chi connectivity index (χ3n) is 1.85. The quantitative estimate of drug-likeness (QED) is 0.803. The minimum Gasteiger partial charge on any atom is -0.357 e. The first kappa shape index (κ1) is 12.9. The Kier molecular flexibility index (Phi) is 4.70. The van der Waals surface area contributed by atoms with Gasteiger partial charge in [-0.1, -0.05) is 0 Å². The Balaban J connectivity index is 2.69. The number of nitrogens with zero attached hydrogens (tertiary/aromatic N) is 4. The molecule has 1 aromatic rings. The highest BCUT2D eigenvalue weighted by atomic mass is 35.5. The van der Waals surface area contributed by atoms with Crippen LogP contribution in [0.1, 0.15) is 6.92 Å². The first-order valence-electron chi connectivity index (χ1n) is 5.02. The fourth-order valence-corrected chi connectivity index (χ4v) is 1.50. The van der Waals surface area contributed by atoms with Crippen LogP contribution in [0.15, 0.2) is 0 Å². The molecule has 90 valence electrons. The SMILES string of the molecule is CNc1nc(Cl)nc(NC(C)CN(C)C)n1. The van der Waals surface area contributed by atoms with Crippen LogP contribution >= 0.6 is 11.6 Å². The van der Waals surface area contributed by atoms with Gasteiger partial charge in [-0.05, 0) is 32.6 Å². The summed E-state index contributed by atoms with van der Waals surface area (Å²) in [6.07, 6.45) is 0. The van der Waals surface area contributed by atoms with E-state index in [2.05, 4.69) is 37.4 Å². The molecule has 7 heteroatoms. The lowest BCUT2D eigenvalue weighted by Gasteiger charge is -2.18. The summed E-state index contributed by atoms with van der Waals surface area (Å²) in [6.45, 7) is 2.94. The van der Waals surface area contributed by atoms with Crippen molar-refractivity contribution in [2.45, 2.75) is 13.0 Å². The van der Waals surface area contributed by atoms with E-state index in [1.807, 2.05) is 14.1 Å². The molecule has 0 saturated heterocycles. The average molecular weight is 245 g/mol.